The first-order valence-corrected chi connectivity index (χ1v) is 9.85. The van der Waals surface area contributed by atoms with E-state index >= 15 is 0 Å². The van der Waals surface area contributed by atoms with Crippen molar-refractivity contribution in [2.75, 3.05) is 0 Å². The molecule has 3 saturated carbocycles. The van der Waals surface area contributed by atoms with Crippen molar-refractivity contribution in [1.29, 1.82) is 0 Å². The lowest BCUT2D eigenvalue weighted by molar-refractivity contribution is -0.158. The lowest BCUT2D eigenvalue weighted by Crippen LogP contribution is -2.55. The van der Waals surface area contributed by atoms with Gasteiger partial charge < -0.3 is 9.84 Å². The van der Waals surface area contributed by atoms with E-state index in [2.05, 4.69) is 19.9 Å². The summed E-state index contributed by atoms with van der Waals surface area (Å²) >= 11 is 0. The molecule has 4 rings (SSSR count). The maximum atomic E-state index is 12.6. The highest BCUT2D eigenvalue weighted by atomic mass is 16.5. The van der Waals surface area contributed by atoms with Crippen molar-refractivity contribution in [3.05, 3.63) is 11.6 Å². The lowest BCUT2D eigenvalue weighted by Gasteiger charge is -2.58. The monoisotopic (exact) mass is 346 g/mol. The Kier molecular flexibility index (Phi) is 3.91. The number of carbonyl (C=O) groups excluding carboxylic acids is 2. The highest BCUT2D eigenvalue weighted by molar-refractivity contribution is 5.87. The zero-order chi connectivity index (χ0) is 18.0. The van der Waals surface area contributed by atoms with E-state index in [1.54, 1.807) is 0 Å². The van der Waals surface area contributed by atoms with E-state index < -0.39 is 0 Å². The summed E-state index contributed by atoms with van der Waals surface area (Å²) in [5.74, 6) is 1.13. The molecule has 0 saturated heterocycles. The van der Waals surface area contributed by atoms with E-state index in [0.717, 1.165) is 32.1 Å². The summed E-state index contributed by atoms with van der Waals surface area (Å²) in [6.07, 6.45) is 7.71. The van der Waals surface area contributed by atoms with Crippen LogP contribution in [0.15, 0.2) is 11.6 Å². The van der Waals surface area contributed by atoms with Crippen LogP contribution in [0.1, 0.15) is 65.7 Å². The normalized spacial score (nSPS) is 48.9. The summed E-state index contributed by atoms with van der Waals surface area (Å²) in [6, 6.07) is 0. The zero-order valence-corrected chi connectivity index (χ0v) is 15.6. The molecule has 4 nitrogen and oxygen atoms in total. The van der Waals surface area contributed by atoms with Gasteiger partial charge in [-0.25, -0.2) is 0 Å². The topological polar surface area (TPSA) is 63.6 Å². The van der Waals surface area contributed by atoms with Crippen molar-refractivity contribution in [2.24, 2.45) is 28.6 Å². The Bertz CT molecular complexity index is 638. The average Bonchev–Trinajstić information content (AvgIpc) is 2.84. The predicted molar refractivity (Wildman–Crippen MR) is 93.7 cm³/mol. The van der Waals surface area contributed by atoms with Gasteiger partial charge in [-0.05, 0) is 61.9 Å². The van der Waals surface area contributed by atoms with E-state index in [0.29, 0.717) is 30.5 Å². The Morgan fingerprint density at radius 2 is 1.84 bits per heavy atom. The first-order chi connectivity index (χ1) is 11.8. The van der Waals surface area contributed by atoms with Crippen molar-refractivity contribution in [3.8, 4) is 0 Å². The molecule has 3 fully saturated rings. The molecule has 0 radical (unpaired) electrons. The minimum atomic E-state index is -0.282. The second kappa shape index (κ2) is 5.67. The first kappa shape index (κ1) is 17.3. The molecule has 0 heterocycles. The number of fused-ring (bicyclic) bond motifs is 5. The Labute approximate surface area is 150 Å². The third kappa shape index (κ3) is 2.43. The second-order valence-electron chi connectivity index (χ2n) is 9.29. The number of ketones is 1. The number of esters is 1. The third-order valence-corrected chi connectivity index (χ3v) is 8.09. The van der Waals surface area contributed by atoms with Crippen molar-refractivity contribution >= 4 is 11.8 Å². The summed E-state index contributed by atoms with van der Waals surface area (Å²) in [5, 5.41) is 10.2. The number of ether oxygens (including phenoxy) is 1. The Morgan fingerprint density at radius 1 is 1.16 bits per heavy atom. The fraction of sp³-hybridized carbons (Fsp3) is 0.810. The molecule has 0 unspecified atom stereocenters. The number of carbonyl (C=O) groups is 2. The van der Waals surface area contributed by atoms with Gasteiger partial charge in [0.25, 0.3) is 0 Å². The van der Waals surface area contributed by atoms with Crippen molar-refractivity contribution in [1.82, 2.24) is 0 Å². The minimum Gasteiger partial charge on any atom is -0.458 e. The van der Waals surface area contributed by atoms with Gasteiger partial charge in [0.2, 0.25) is 0 Å². The van der Waals surface area contributed by atoms with Crippen LogP contribution in [0.25, 0.3) is 0 Å². The molecule has 0 spiro atoms. The molecular formula is C21H30O4. The minimum absolute atomic E-state index is 0.0769. The van der Waals surface area contributed by atoms with Crippen LogP contribution < -0.4 is 0 Å². The van der Waals surface area contributed by atoms with Gasteiger partial charge in [-0.3, -0.25) is 9.59 Å². The van der Waals surface area contributed by atoms with Crippen LogP contribution in [0.2, 0.25) is 0 Å². The summed E-state index contributed by atoms with van der Waals surface area (Å²) in [4.78, 5) is 24.3. The predicted octanol–water partition coefficient (Wildman–Crippen LogP) is 3.42. The van der Waals surface area contributed by atoms with Crippen molar-refractivity contribution < 1.29 is 19.4 Å². The fourth-order valence-electron chi connectivity index (χ4n) is 6.68. The largest absolute Gasteiger partial charge is 0.458 e. The Hall–Kier alpha value is -1.16. The summed E-state index contributed by atoms with van der Waals surface area (Å²) in [6.45, 7) is 5.95. The first-order valence-electron chi connectivity index (χ1n) is 9.85. The van der Waals surface area contributed by atoms with E-state index in [9.17, 15) is 14.7 Å². The number of Topliss-reactive ketones (excluding diaryl/α,β-unsaturated/α-hetero) is 1. The average molecular weight is 346 g/mol. The summed E-state index contributed by atoms with van der Waals surface area (Å²) < 4.78 is 5.77. The maximum Gasteiger partial charge on any atom is 0.303 e. The van der Waals surface area contributed by atoms with E-state index in [1.807, 2.05) is 0 Å². The highest BCUT2D eigenvalue weighted by Gasteiger charge is 2.61. The molecule has 1 N–H and O–H groups in total. The van der Waals surface area contributed by atoms with Gasteiger partial charge in [0.05, 0.1) is 6.10 Å². The van der Waals surface area contributed by atoms with Crippen molar-refractivity contribution in [3.63, 3.8) is 0 Å². The number of rotatable bonds is 1. The van der Waals surface area contributed by atoms with Gasteiger partial charge in [-0.1, -0.05) is 19.4 Å². The van der Waals surface area contributed by atoms with Gasteiger partial charge in [0.1, 0.15) is 11.9 Å². The maximum absolute atomic E-state index is 12.6. The fourth-order valence-corrected chi connectivity index (χ4v) is 6.68. The van der Waals surface area contributed by atoms with Crippen LogP contribution in [0.4, 0.5) is 0 Å². The second-order valence-corrected chi connectivity index (χ2v) is 9.29. The van der Waals surface area contributed by atoms with Crippen LogP contribution in [0.3, 0.4) is 0 Å². The SMILES string of the molecule is CC(=O)O[C@@H]1C=C2C[C@@H](O)CC[C@]2(C)[C@H]2CC[C@]3(C)C(=O)CC[C@H]3[C@H]12. The van der Waals surface area contributed by atoms with E-state index in [4.69, 9.17) is 4.74 Å². The zero-order valence-electron chi connectivity index (χ0n) is 15.6. The van der Waals surface area contributed by atoms with Gasteiger partial charge >= 0.3 is 5.97 Å². The standard InChI is InChI=1S/C21H30O4/c1-12(22)25-17-11-13-10-14(23)6-8-20(13,2)16-7-9-21(3)15(19(16)17)4-5-18(21)24/h11,14-17,19,23H,4-10H2,1-3H3/t14-,15-,16-,17+,19-,20-,21-/m0/s1. The molecule has 0 aromatic carbocycles. The van der Waals surface area contributed by atoms with E-state index in [-0.39, 0.29) is 34.9 Å². The number of hydrogen-bond acceptors (Lipinski definition) is 4. The van der Waals surface area contributed by atoms with Crippen LogP contribution in [0, 0.1) is 28.6 Å². The Morgan fingerprint density at radius 3 is 2.56 bits per heavy atom. The number of aliphatic hydroxyl groups is 1. The molecule has 138 valence electrons. The van der Waals surface area contributed by atoms with Gasteiger partial charge in [0, 0.05) is 24.7 Å². The number of aliphatic hydroxyl groups excluding tert-OH is 1. The molecule has 25 heavy (non-hydrogen) atoms. The van der Waals surface area contributed by atoms with Crippen molar-refractivity contribution in [2.45, 2.75) is 77.9 Å². The van der Waals surface area contributed by atoms with Gasteiger partial charge in [-0.15, -0.1) is 0 Å². The molecule has 0 aromatic rings. The quantitative estimate of drug-likeness (QED) is 0.584. The molecule has 0 aliphatic heterocycles. The number of hydrogen-bond donors (Lipinski definition) is 1. The molecular weight excluding hydrogens is 316 g/mol. The van der Waals surface area contributed by atoms with E-state index in [1.165, 1.54) is 12.5 Å². The van der Waals surface area contributed by atoms with Crippen LogP contribution >= 0.6 is 0 Å². The van der Waals surface area contributed by atoms with Crippen LogP contribution in [0.5, 0.6) is 0 Å². The highest BCUT2D eigenvalue weighted by Crippen LogP contribution is 2.64. The van der Waals surface area contributed by atoms with Crippen LogP contribution in [-0.4, -0.2) is 29.1 Å². The Balaban J connectivity index is 1.78. The smallest absolute Gasteiger partial charge is 0.303 e. The molecule has 0 bridgehead atoms. The third-order valence-electron chi connectivity index (χ3n) is 8.09. The van der Waals surface area contributed by atoms with Crippen LogP contribution in [-0.2, 0) is 14.3 Å². The molecule has 4 heteroatoms. The molecule has 0 aromatic heterocycles. The summed E-state index contributed by atoms with van der Waals surface area (Å²) in [7, 11) is 0. The van der Waals surface area contributed by atoms with Gasteiger partial charge in [-0.2, -0.15) is 0 Å². The molecule has 0 amide bonds. The molecule has 4 aliphatic carbocycles. The molecule has 7 atom stereocenters. The molecule has 4 aliphatic rings. The lowest BCUT2D eigenvalue weighted by atomic mass is 9.47. The summed E-state index contributed by atoms with van der Waals surface area (Å²) in [5.41, 5.74) is 1.11. The van der Waals surface area contributed by atoms with Gasteiger partial charge in [0.15, 0.2) is 0 Å².